The minimum Gasteiger partial charge on any atom is -0.315 e. The second kappa shape index (κ2) is 5.67. The molecule has 0 aliphatic heterocycles. The van der Waals surface area contributed by atoms with Crippen LogP contribution < -0.4 is 10.6 Å². The van der Waals surface area contributed by atoms with Crippen molar-refractivity contribution in [1.29, 1.82) is 0 Å². The molecule has 2 rings (SSSR count). The molecule has 88 valence electrons. The summed E-state index contributed by atoms with van der Waals surface area (Å²) < 4.78 is 0. The summed E-state index contributed by atoms with van der Waals surface area (Å²) in [5.74, 6) is 0. The van der Waals surface area contributed by atoms with E-state index in [1.54, 1.807) is 0 Å². The fourth-order valence-electron chi connectivity index (χ4n) is 1.79. The summed E-state index contributed by atoms with van der Waals surface area (Å²) in [6.45, 7) is 4.13. The zero-order chi connectivity index (χ0) is 11.4. The fraction of sp³-hybridized carbons (Fsp3) is 0.538. The highest BCUT2D eigenvalue weighted by Crippen LogP contribution is 2.24. The van der Waals surface area contributed by atoms with Crippen LogP contribution in [0.2, 0.25) is 5.02 Å². The second-order valence-electron chi connectivity index (χ2n) is 4.35. The molecule has 1 unspecified atom stereocenters. The molecular formula is C13H19ClN2. The van der Waals surface area contributed by atoms with Crippen LogP contribution in [0.1, 0.15) is 31.4 Å². The largest absolute Gasteiger partial charge is 0.315 e. The number of hydrogen-bond acceptors (Lipinski definition) is 2. The van der Waals surface area contributed by atoms with Gasteiger partial charge in [0, 0.05) is 23.7 Å². The summed E-state index contributed by atoms with van der Waals surface area (Å²) in [5.41, 5.74) is 1.32. The summed E-state index contributed by atoms with van der Waals surface area (Å²) in [6.07, 6.45) is 2.63. The van der Waals surface area contributed by atoms with Gasteiger partial charge in [0.2, 0.25) is 0 Å². The van der Waals surface area contributed by atoms with E-state index in [0.717, 1.165) is 24.2 Å². The van der Waals surface area contributed by atoms with Gasteiger partial charge < -0.3 is 10.6 Å². The van der Waals surface area contributed by atoms with E-state index >= 15 is 0 Å². The molecule has 3 heteroatoms. The van der Waals surface area contributed by atoms with E-state index in [1.165, 1.54) is 18.4 Å². The lowest BCUT2D eigenvalue weighted by molar-refractivity contribution is 0.493. The van der Waals surface area contributed by atoms with Gasteiger partial charge in [-0.05, 0) is 37.1 Å². The molecule has 1 aromatic carbocycles. The van der Waals surface area contributed by atoms with E-state index < -0.39 is 0 Å². The van der Waals surface area contributed by atoms with Crippen molar-refractivity contribution in [3.05, 3.63) is 34.9 Å². The maximum Gasteiger partial charge on any atom is 0.0448 e. The van der Waals surface area contributed by atoms with Gasteiger partial charge >= 0.3 is 0 Å². The lowest BCUT2D eigenvalue weighted by Crippen LogP contribution is -2.32. The van der Waals surface area contributed by atoms with Crippen LogP contribution in [0.3, 0.4) is 0 Å². The zero-order valence-electron chi connectivity index (χ0n) is 9.67. The summed E-state index contributed by atoms with van der Waals surface area (Å²) in [7, 11) is 0. The maximum absolute atomic E-state index is 5.90. The molecule has 0 spiro atoms. The molecule has 1 saturated carbocycles. The topological polar surface area (TPSA) is 24.1 Å². The predicted octanol–water partition coefficient (Wildman–Crippen LogP) is 2.74. The average molecular weight is 239 g/mol. The van der Waals surface area contributed by atoms with E-state index in [-0.39, 0.29) is 0 Å². The summed E-state index contributed by atoms with van der Waals surface area (Å²) in [4.78, 5) is 0. The number of likely N-dealkylation sites (N-methyl/N-ethyl adjacent to an activating group) is 1. The first kappa shape index (κ1) is 11.9. The monoisotopic (exact) mass is 238 g/mol. The minimum absolute atomic E-state index is 0.407. The Labute approximate surface area is 102 Å². The van der Waals surface area contributed by atoms with Gasteiger partial charge in [-0.1, -0.05) is 30.7 Å². The van der Waals surface area contributed by atoms with Crippen LogP contribution in [-0.4, -0.2) is 19.1 Å². The molecule has 16 heavy (non-hydrogen) atoms. The predicted molar refractivity (Wildman–Crippen MR) is 68.9 cm³/mol. The summed E-state index contributed by atoms with van der Waals surface area (Å²) >= 11 is 5.90. The number of nitrogens with one attached hydrogen (secondary N) is 2. The lowest BCUT2D eigenvalue weighted by Gasteiger charge is -2.19. The van der Waals surface area contributed by atoms with Crippen LogP contribution in [0, 0.1) is 0 Å². The van der Waals surface area contributed by atoms with Crippen LogP contribution in [0.4, 0.5) is 0 Å². The van der Waals surface area contributed by atoms with E-state index in [0.29, 0.717) is 6.04 Å². The Morgan fingerprint density at radius 2 is 2.00 bits per heavy atom. The number of rotatable bonds is 6. The highest BCUT2D eigenvalue weighted by molar-refractivity contribution is 6.30. The Kier molecular flexibility index (Phi) is 4.22. The van der Waals surface area contributed by atoms with Crippen molar-refractivity contribution in [2.45, 2.75) is 31.8 Å². The first-order valence-corrected chi connectivity index (χ1v) is 6.39. The van der Waals surface area contributed by atoms with Crippen molar-refractivity contribution in [3.8, 4) is 0 Å². The van der Waals surface area contributed by atoms with Crippen LogP contribution in [-0.2, 0) is 0 Å². The first-order chi connectivity index (χ1) is 7.79. The second-order valence-corrected chi connectivity index (χ2v) is 4.79. The summed E-state index contributed by atoms with van der Waals surface area (Å²) in [6, 6.07) is 9.28. The van der Waals surface area contributed by atoms with Crippen molar-refractivity contribution in [3.63, 3.8) is 0 Å². The van der Waals surface area contributed by atoms with Crippen molar-refractivity contribution >= 4 is 11.6 Å². The van der Waals surface area contributed by atoms with Crippen LogP contribution in [0.5, 0.6) is 0 Å². The normalized spacial score (nSPS) is 17.4. The molecule has 0 aromatic heterocycles. The highest BCUT2D eigenvalue weighted by atomic mass is 35.5. The van der Waals surface area contributed by atoms with Crippen LogP contribution in [0.25, 0.3) is 0 Å². The first-order valence-electron chi connectivity index (χ1n) is 6.02. The number of halogens is 1. The van der Waals surface area contributed by atoms with Crippen molar-refractivity contribution in [1.82, 2.24) is 10.6 Å². The lowest BCUT2D eigenvalue weighted by atomic mass is 10.1. The maximum atomic E-state index is 5.90. The van der Waals surface area contributed by atoms with E-state index in [1.807, 2.05) is 12.1 Å². The smallest absolute Gasteiger partial charge is 0.0448 e. The average Bonchev–Trinajstić information content (AvgIpc) is 3.09. The van der Waals surface area contributed by atoms with Gasteiger partial charge in [0.05, 0.1) is 0 Å². The van der Waals surface area contributed by atoms with Gasteiger partial charge in [0.1, 0.15) is 0 Å². The molecule has 0 amide bonds. The van der Waals surface area contributed by atoms with Crippen LogP contribution >= 0.6 is 11.6 Å². The Hall–Kier alpha value is -0.570. The molecule has 0 heterocycles. The number of benzene rings is 1. The Bertz CT molecular complexity index is 319. The third kappa shape index (κ3) is 3.48. The van der Waals surface area contributed by atoms with Gasteiger partial charge in [0.15, 0.2) is 0 Å². The van der Waals surface area contributed by atoms with E-state index in [2.05, 4.69) is 29.7 Å². The minimum atomic E-state index is 0.407. The molecule has 1 aromatic rings. The van der Waals surface area contributed by atoms with Gasteiger partial charge in [-0.3, -0.25) is 0 Å². The van der Waals surface area contributed by atoms with E-state index in [4.69, 9.17) is 11.6 Å². The molecule has 1 aliphatic carbocycles. The molecule has 0 bridgehead atoms. The van der Waals surface area contributed by atoms with Crippen LogP contribution in [0.15, 0.2) is 24.3 Å². The third-order valence-electron chi connectivity index (χ3n) is 2.89. The van der Waals surface area contributed by atoms with Gasteiger partial charge in [0.25, 0.3) is 0 Å². The third-order valence-corrected chi connectivity index (χ3v) is 3.14. The quantitative estimate of drug-likeness (QED) is 0.797. The Balaban J connectivity index is 2.00. The Morgan fingerprint density at radius 1 is 1.31 bits per heavy atom. The molecule has 2 nitrogen and oxygen atoms in total. The standard InChI is InChI=1S/C13H19ClN2/c1-2-15-9-13(16-12-7-8-12)10-3-5-11(14)6-4-10/h3-6,12-13,15-16H,2,7-9H2,1H3. The Morgan fingerprint density at radius 3 is 2.56 bits per heavy atom. The summed E-state index contributed by atoms with van der Waals surface area (Å²) in [5, 5.41) is 7.86. The van der Waals surface area contributed by atoms with Crippen molar-refractivity contribution in [2.24, 2.45) is 0 Å². The van der Waals surface area contributed by atoms with Gasteiger partial charge in [-0.15, -0.1) is 0 Å². The molecule has 0 saturated heterocycles. The molecule has 1 atom stereocenters. The SMILES string of the molecule is CCNCC(NC1CC1)c1ccc(Cl)cc1. The molecule has 2 N–H and O–H groups in total. The number of hydrogen-bond donors (Lipinski definition) is 2. The van der Waals surface area contributed by atoms with Gasteiger partial charge in [-0.2, -0.15) is 0 Å². The molecular weight excluding hydrogens is 220 g/mol. The molecule has 1 aliphatic rings. The zero-order valence-corrected chi connectivity index (χ0v) is 10.4. The fourth-order valence-corrected chi connectivity index (χ4v) is 1.92. The molecule has 0 radical (unpaired) electrons. The highest BCUT2D eigenvalue weighted by Gasteiger charge is 2.24. The van der Waals surface area contributed by atoms with Gasteiger partial charge in [-0.25, -0.2) is 0 Å². The van der Waals surface area contributed by atoms with Crippen molar-refractivity contribution in [2.75, 3.05) is 13.1 Å². The van der Waals surface area contributed by atoms with E-state index in [9.17, 15) is 0 Å². The molecule has 1 fully saturated rings. The van der Waals surface area contributed by atoms with Crippen molar-refractivity contribution < 1.29 is 0 Å².